The van der Waals surface area contributed by atoms with Gasteiger partial charge in [-0.05, 0) is 90.8 Å². The van der Waals surface area contributed by atoms with Crippen molar-refractivity contribution in [3.8, 4) is 0 Å². The highest BCUT2D eigenvalue weighted by atomic mass is 35.5. The number of benzene rings is 5. The molecular weight excluding hydrogens is 797 g/mol. The van der Waals surface area contributed by atoms with Crippen LogP contribution in [0.4, 0.5) is 11.4 Å². The fraction of sp³-hybridized carbons (Fsp3) is 0.360. The number of hydrogen-bond donors (Lipinski definition) is 2. The number of aliphatic hydroxyl groups is 2. The summed E-state index contributed by atoms with van der Waals surface area (Å²) < 4.78 is 4.94. The normalized spacial score (nSPS) is 17.6. The van der Waals surface area contributed by atoms with Crippen LogP contribution >= 0.6 is 35.6 Å². The molecule has 3 aliphatic rings. The molecule has 59 heavy (non-hydrogen) atoms. The summed E-state index contributed by atoms with van der Waals surface area (Å²) in [5.74, 6) is 0.423. The number of rotatable bonds is 10. The molecule has 0 aromatic heterocycles. The van der Waals surface area contributed by atoms with Crippen LogP contribution < -0.4 is 0 Å². The van der Waals surface area contributed by atoms with Gasteiger partial charge in [-0.15, -0.1) is 12.4 Å². The minimum Gasteiger partial charge on any atom is -0.392 e. The second-order valence-corrected chi connectivity index (χ2v) is 16.2. The summed E-state index contributed by atoms with van der Waals surface area (Å²) in [6.45, 7) is 17.0. The first-order chi connectivity index (χ1) is 28.3. The lowest BCUT2D eigenvalue weighted by atomic mass is 9.74. The van der Waals surface area contributed by atoms with Crippen molar-refractivity contribution in [2.24, 2.45) is 5.92 Å². The van der Waals surface area contributed by atoms with Gasteiger partial charge < -0.3 is 14.9 Å². The van der Waals surface area contributed by atoms with Crippen LogP contribution in [0.15, 0.2) is 127 Å². The first kappa shape index (κ1) is 45.9. The van der Waals surface area contributed by atoms with Crippen molar-refractivity contribution in [3.05, 3.63) is 188 Å². The Labute approximate surface area is 366 Å². The Morgan fingerprint density at radius 2 is 1.05 bits per heavy atom. The number of halogens is 3. The van der Waals surface area contributed by atoms with Gasteiger partial charge in [-0.3, -0.25) is 4.90 Å². The average Bonchev–Trinajstić information content (AvgIpc) is 4.11. The van der Waals surface area contributed by atoms with Crippen molar-refractivity contribution < 1.29 is 14.9 Å². The van der Waals surface area contributed by atoms with Crippen molar-refractivity contribution >= 4 is 47.0 Å². The summed E-state index contributed by atoms with van der Waals surface area (Å²) in [6.07, 6.45) is 9.28. The van der Waals surface area contributed by atoms with Crippen LogP contribution in [0.1, 0.15) is 79.2 Å². The number of likely N-dealkylation sites (tertiary alicyclic amines) is 1. The second-order valence-electron chi connectivity index (χ2n) is 15.4. The molecule has 8 rings (SSSR count). The van der Waals surface area contributed by atoms with Crippen LogP contribution in [-0.2, 0) is 23.1 Å². The standard InChI is InChI=1S/C32H29ClN2O.C14H16ClNO.C4H8O.ClH/c1-34-28-20-19-24(29(33)23-28)22-31(36)30-18-11-21-35(30)32(25-12-5-2-6-13-25,26-14-7-3-8-15-26)27-16-9-4-10-17-27;1-16-12-7-6-11(13(15)9-12)8-14(17)10-4-2-3-5-10;1-2-4-5-3-1;/h2-10,12-17,19-20,23,30-31,36H,11,18,21-22H2;6-7,9-10,14,17H,2-5,8H2;1-4H2;1H/t30-,31+;14-;;/m01../s1. The van der Waals surface area contributed by atoms with E-state index < -0.39 is 11.6 Å². The van der Waals surface area contributed by atoms with Crippen molar-refractivity contribution in [2.45, 2.75) is 88.0 Å². The predicted molar refractivity (Wildman–Crippen MR) is 243 cm³/mol. The van der Waals surface area contributed by atoms with E-state index in [2.05, 4.69) is 106 Å². The van der Waals surface area contributed by atoms with Gasteiger partial charge in [-0.2, -0.15) is 0 Å². The smallest absolute Gasteiger partial charge is 0.188 e. The van der Waals surface area contributed by atoms with Gasteiger partial charge in [0.25, 0.3) is 0 Å². The summed E-state index contributed by atoms with van der Waals surface area (Å²) >= 11 is 12.6. The molecule has 2 aliphatic heterocycles. The van der Waals surface area contributed by atoms with Gasteiger partial charge >= 0.3 is 0 Å². The third kappa shape index (κ3) is 11.5. The van der Waals surface area contributed by atoms with Crippen LogP contribution in [0, 0.1) is 19.1 Å². The van der Waals surface area contributed by atoms with Crippen LogP contribution in [0.2, 0.25) is 10.0 Å². The molecule has 3 atom stereocenters. The lowest BCUT2D eigenvalue weighted by Gasteiger charge is -2.47. The molecule has 3 fully saturated rings. The largest absolute Gasteiger partial charge is 0.392 e. The van der Waals surface area contributed by atoms with E-state index in [0.717, 1.165) is 56.6 Å². The average molecular weight is 851 g/mol. The SMILES string of the molecule is C1CCOC1.Cl.[C-]#[N+]c1ccc(C[C@@H](O)C2CCCC2)c(Cl)c1.[C-]#[N+]c1ccc(C[C@@H](O)[C@@H]2CCCN2C(c2ccccc2)(c2ccccc2)c2ccccc2)c(Cl)c1. The molecule has 0 amide bonds. The van der Waals surface area contributed by atoms with Gasteiger partial charge in [-0.25, -0.2) is 9.69 Å². The Hall–Kier alpha value is -4.21. The van der Waals surface area contributed by atoms with Crippen LogP contribution in [-0.4, -0.2) is 53.1 Å². The molecule has 0 bridgehead atoms. The molecule has 6 nitrogen and oxygen atoms in total. The number of aliphatic hydroxyl groups excluding tert-OH is 2. The van der Waals surface area contributed by atoms with E-state index in [4.69, 9.17) is 41.1 Å². The number of ether oxygens (including phenoxy) is 1. The zero-order chi connectivity index (χ0) is 40.7. The molecule has 9 heteroatoms. The molecule has 0 spiro atoms. The summed E-state index contributed by atoms with van der Waals surface area (Å²) in [4.78, 5) is 9.30. The van der Waals surface area contributed by atoms with E-state index in [1.54, 1.807) is 24.3 Å². The topological polar surface area (TPSA) is 61.6 Å². The molecule has 2 saturated heterocycles. The zero-order valence-corrected chi connectivity index (χ0v) is 35.8. The number of nitrogens with zero attached hydrogens (tertiary/aromatic N) is 3. The Morgan fingerprint density at radius 1 is 0.610 bits per heavy atom. The van der Waals surface area contributed by atoms with Gasteiger partial charge in [0.05, 0.1) is 30.9 Å². The van der Waals surface area contributed by atoms with Crippen molar-refractivity contribution in [1.82, 2.24) is 4.90 Å². The van der Waals surface area contributed by atoms with Crippen molar-refractivity contribution in [1.29, 1.82) is 0 Å². The van der Waals surface area contributed by atoms with Crippen LogP contribution in [0.5, 0.6) is 0 Å². The number of hydrogen-bond acceptors (Lipinski definition) is 4. The molecule has 1 aliphatic carbocycles. The lowest BCUT2D eigenvalue weighted by Crippen LogP contribution is -2.54. The van der Waals surface area contributed by atoms with E-state index >= 15 is 0 Å². The van der Waals surface area contributed by atoms with Crippen molar-refractivity contribution in [2.75, 3.05) is 19.8 Å². The summed E-state index contributed by atoms with van der Waals surface area (Å²) in [5, 5.41) is 22.9. The minimum atomic E-state index is -0.612. The zero-order valence-electron chi connectivity index (χ0n) is 33.4. The minimum absolute atomic E-state index is 0. The molecule has 5 aromatic rings. The van der Waals surface area contributed by atoms with E-state index in [9.17, 15) is 10.2 Å². The first-order valence-corrected chi connectivity index (χ1v) is 21.3. The Morgan fingerprint density at radius 3 is 1.44 bits per heavy atom. The highest BCUT2D eigenvalue weighted by Gasteiger charge is 2.48. The van der Waals surface area contributed by atoms with Crippen LogP contribution in [0.25, 0.3) is 9.69 Å². The van der Waals surface area contributed by atoms with Crippen LogP contribution in [0.3, 0.4) is 0 Å². The predicted octanol–water partition coefficient (Wildman–Crippen LogP) is 12.5. The molecule has 0 radical (unpaired) electrons. The Balaban J connectivity index is 0.000000237. The van der Waals surface area contributed by atoms with Gasteiger partial charge in [0.1, 0.15) is 0 Å². The van der Waals surface area contributed by atoms with E-state index in [1.165, 1.54) is 42.4 Å². The third-order valence-electron chi connectivity index (χ3n) is 11.7. The molecule has 1 saturated carbocycles. The molecule has 308 valence electrons. The Kier molecular flexibility index (Phi) is 17.9. The van der Waals surface area contributed by atoms with Gasteiger partial charge in [0.15, 0.2) is 11.4 Å². The maximum Gasteiger partial charge on any atom is 0.188 e. The van der Waals surface area contributed by atoms with Gasteiger partial charge in [0.2, 0.25) is 0 Å². The second kappa shape index (κ2) is 23.0. The summed E-state index contributed by atoms with van der Waals surface area (Å²) in [5.41, 5.74) is 5.87. The quantitative estimate of drug-likeness (QED) is 0.109. The maximum absolute atomic E-state index is 11.7. The fourth-order valence-electron chi connectivity index (χ4n) is 8.79. The highest BCUT2D eigenvalue weighted by Crippen LogP contribution is 2.47. The van der Waals surface area contributed by atoms with Crippen molar-refractivity contribution in [3.63, 3.8) is 0 Å². The molecule has 2 N–H and O–H groups in total. The summed E-state index contributed by atoms with van der Waals surface area (Å²) in [6, 6.07) is 42.4. The van der Waals surface area contributed by atoms with E-state index in [1.807, 2.05) is 12.1 Å². The molecule has 5 aromatic carbocycles. The summed E-state index contributed by atoms with van der Waals surface area (Å²) in [7, 11) is 0. The molecular formula is C50H54Cl3N3O3. The molecule has 2 heterocycles. The monoisotopic (exact) mass is 849 g/mol. The van der Waals surface area contributed by atoms with E-state index in [0.29, 0.717) is 40.2 Å². The van der Waals surface area contributed by atoms with E-state index in [-0.39, 0.29) is 24.6 Å². The fourth-order valence-corrected chi connectivity index (χ4v) is 9.30. The van der Waals surface area contributed by atoms with Gasteiger partial charge in [-0.1, -0.05) is 151 Å². The third-order valence-corrected chi connectivity index (χ3v) is 12.4. The Bertz CT molecular complexity index is 2010. The first-order valence-electron chi connectivity index (χ1n) is 20.5. The maximum atomic E-state index is 11.7. The highest BCUT2D eigenvalue weighted by molar-refractivity contribution is 6.32. The van der Waals surface area contributed by atoms with Gasteiger partial charge in [0, 0.05) is 42.3 Å². The lowest BCUT2D eigenvalue weighted by molar-refractivity contribution is 0.0337. The molecule has 0 unspecified atom stereocenters.